The largest absolute Gasteiger partial charge is 0.358 e. The van der Waals surface area contributed by atoms with Gasteiger partial charge in [0.2, 0.25) is 0 Å². The van der Waals surface area contributed by atoms with E-state index in [2.05, 4.69) is 34.6 Å². The van der Waals surface area contributed by atoms with Gasteiger partial charge >= 0.3 is 0 Å². The molecule has 0 saturated heterocycles. The zero-order valence-electron chi connectivity index (χ0n) is 14.3. The molecule has 0 unspecified atom stereocenters. The number of hydrogen-bond acceptors (Lipinski definition) is 3. The van der Waals surface area contributed by atoms with Gasteiger partial charge in [0.1, 0.15) is 11.9 Å². The maximum Gasteiger partial charge on any atom is 0.157 e. The molecule has 4 nitrogen and oxygen atoms in total. The third kappa shape index (κ3) is 2.24. The number of aryl methyl sites for hydroxylation is 1. The highest BCUT2D eigenvalue weighted by atomic mass is 15.2. The van der Waals surface area contributed by atoms with Crippen LogP contribution in [-0.4, -0.2) is 22.5 Å². The maximum atomic E-state index is 9.60. The van der Waals surface area contributed by atoms with E-state index >= 15 is 0 Å². The van der Waals surface area contributed by atoms with Crippen LogP contribution in [0.3, 0.4) is 0 Å². The number of pyridine rings is 1. The first-order chi connectivity index (χ1) is 11.7. The van der Waals surface area contributed by atoms with Crippen LogP contribution in [0, 0.1) is 18.3 Å². The number of nitriles is 1. The Morgan fingerprint density at radius 2 is 1.96 bits per heavy atom. The average molecular weight is 318 g/mol. The summed E-state index contributed by atoms with van der Waals surface area (Å²) in [5.74, 6) is 1.14. The third-order valence-corrected chi connectivity index (χ3v) is 5.35. The van der Waals surface area contributed by atoms with Crippen LogP contribution in [0.25, 0.3) is 16.7 Å². The van der Waals surface area contributed by atoms with Gasteiger partial charge in [-0.3, -0.25) is 4.40 Å². The zero-order valence-corrected chi connectivity index (χ0v) is 14.3. The minimum absolute atomic E-state index is 0.565. The molecule has 1 fully saturated rings. The molecule has 1 saturated carbocycles. The smallest absolute Gasteiger partial charge is 0.157 e. The van der Waals surface area contributed by atoms with Gasteiger partial charge in [-0.05, 0) is 43.5 Å². The standard InChI is InChI=1S/C20H22N4/c1-14-12-19(23(2)15-8-4-3-5-9-15)24-18-11-7-6-10-17(18)22-20(24)16(14)13-21/h6-7,10-12,15H,3-5,8-9H2,1-2H3. The molecule has 0 radical (unpaired) electrons. The molecule has 0 amide bonds. The first-order valence-corrected chi connectivity index (χ1v) is 8.74. The molecule has 4 heteroatoms. The van der Waals surface area contributed by atoms with E-state index in [1.165, 1.54) is 32.1 Å². The number of aromatic nitrogens is 2. The van der Waals surface area contributed by atoms with E-state index in [-0.39, 0.29) is 0 Å². The summed E-state index contributed by atoms with van der Waals surface area (Å²) in [5.41, 5.74) is 4.46. The monoisotopic (exact) mass is 318 g/mol. The molecule has 24 heavy (non-hydrogen) atoms. The van der Waals surface area contributed by atoms with Crippen LogP contribution in [0.1, 0.15) is 43.2 Å². The number of benzene rings is 1. The number of fused-ring (bicyclic) bond motifs is 3. The highest BCUT2D eigenvalue weighted by Crippen LogP contribution is 2.31. The summed E-state index contributed by atoms with van der Waals surface area (Å²) in [6.07, 6.45) is 6.43. The van der Waals surface area contributed by atoms with Gasteiger partial charge in [-0.2, -0.15) is 5.26 Å². The Kier molecular flexibility index (Phi) is 3.65. The topological polar surface area (TPSA) is 44.3 Å². The second-order valence-electron chi connectivity index (χ2n) is 6.83. The minimum atomic E-state index is 0.565. The molecule has 0 spiro atoms. The number of para-hydroxylation sites is 2. The van der Waals surface area contributed by atoms with Gasteiger partial charge < -0.3 is 4.90 Å². The molecule has 1 aliphatic rings. The van der Waals surface area contributed by atoms with Crippen molar-refractivity contribution in [1.29, 1.82) is 5.26 Å². The SMILES string of the molecule is Cc1cc(N(C)C2CCCCC2)n2c(nc3ccccc32)c1C#N. The van der Waals surface area contributed by atoms with Crippen molar-refractivity contribution in [2.75, 3.05) is 11.9 Å². The number of nitrogens with zero attached hydrogens (tertiary/aromatic N) is 4. The fourth-order valence-electron chi connectivity index (χ4n) is 3.99. The van der Waals surface area contributed by atoms with Crippen molar-refractivity contribution in [3.63, 3.8) is 0 Å². The summed E-state index contributed by atoms with van der Waals surface area (Å²) in [5, 5.41) is 9.60. The predicted molar refractivity (Wildman–Crippen MR) is 97.4 cm³/mol. The van der Waals surface area contributed by atoms with Gasteiger partial charge in [0.25, 0.3) is 0 Å². The Morgan fingerprint density at radius 3 is 2.71 bits per heavy atom. The zero-order chi connectivity index (χ0) is 16.7. The maximum absolute atomic E-state index is 9.60. The predicted octanol–water partition coefficient (Wildman–Crippen LogP) is 4.44. The van der Waals surface area contributed by atoms with E-state index in [1.807, 2.05) is 25.1 Å². The molecule has 122 valence electrons. The molecule has 2 heterocycles. The molecule has 0 N–H and O–H groups in total. The lowest BCUT2D eigenvalue weighted by Crippen LogP contribution is -2.34. The van der Waals surface area contributed by atoms with Crippen molar-refractivity contribution in [3.05, 3.63) is 41.5 Å². The summed E-state index contributed by atoms with van der Waals surface area (Å²) < 4.78 is 2.16. The molecule has 1 aromatic carbocycles. The van der Waals surface area contributed by atoms with Crippen molar-refractivity contribution >= 4 is 22.5 Å². The van der Waals surface area contributed by atoms with E-state index < -0.39 is 0 Å². The molecule has 4 rings (SSSR count). The van der Waals surface area contributed by atoms with Crippen molar-refractivity contribution in [3.8, 4) is 6.07 Å². The van der Waals surface area contributed by atoms with Crippen molar-refractivity contribution in [2.24, 2.45) is 0 Å². The Hall–Kier alpha value is -2.54. The van der Waals surface area contributed by atoms with Gasteiger partial charge in [0, 0.05) is 13.1 Å². The quantitative estimate of drug-likeness (QED) is 0.702. The molecule has 3 aromatic rings. The second kappa shape index (κ2) is 5.83. The van der Waals surface area contributed by atoms with E-state index in [4.69, 9.17) is 4.98 Å². The highest BCUT2D eigenvalue weighted by Gasteiger charge is 2.23. The molecule has 2 aromatic heterocycles. The van der Waals surface area contributed by atoms with Crippen molar-refractivity contribution in [2.45, 2.75) is 45.1 Å². The summed E-state index contributed by atoms with van der Waals surface area (Å²) in [7, 11) is 2.19. The van der Waals surface area contributed by atoms with Gasteiger partial charge in [-0.25, -0.2) is 4.98 Å². The van der Waals surface area contributed by atoms with Crippen LogP contribution in [0.15, 0.2) is 30.3 Å². The molecule has 0 aliphatic heterocycles. The van der Waals surface area contributed by atoms with Crippen LogP contribution < -0.4 is 4.90 Å². The van der Waals surface area contributed by atoms with Crippen LogP contribution in [-0.2, 0) is 0 Å². The van der Waals surface area contributed by atoms with Gasteiger partial charge in [-0.1, -0.05) is 31.4 Å². The third-order valence-electron chi connectivity index (χ3n) is 5.35. The summed E-state index contributed by atoms with van der Waals surface area (Å²) >= 11 is 0. The van der Waals surface area contributed by atoms with E-state index in [1.54, 1.807) is 0 Å². The summed E-state index contributed by atoms with van der Waals surface area (Å²) in [6, 6.07) is 13.2. The van der Waals surface area contributed by atoms with Gasteiger partial charge in [-0.15, -0.1) is 0 Å². The average Bonchev–Trinajstić information content (AvgIpc) is 3.00. The van der Waals surface area contributed by atoms with E-state index in [0.717, 1.165) is 28.1 Å². The lowest BCUT2D eigenvalue weighted by atomic mass is 9.94. The number of imidazole rings is 1. The Labute approximate surface area is 142 Å². The number of hydrogen-bond donors (Lipinski definition) is 0. The van der Waals surface area contributed by atoms with Crippen LogP contribution in [0.4, 0.5) is 5.82 Å². The number of rotatable bonds is 2. The first-order valence-electron chi connectivity index (χ1n) is 8.74. The number of anilines is 1. The normalized spacial score (nSPS) is 15.7. The van der Waals surface area contributed by atoms with Gasteiger partial charge in [0.15, 0.2) is 5.65 Å². The van der Waals surface area contributed by atoms with Crippen LogP contribution >= 0.6 is 0 Å². The van der Waals surface area contributed by atoms with Crippen molar-refractivity contribution in [1.82, 2.24) is 9.38 Å². The lowest BCUT2D eigenvalue weighted by Gasteiger charge is -2.33. The molecule has 0 atom stereocenters. The van der Waals surface area contributed by atoms with E-state index in [9.17, 15) is 5.26 Å². The second-order valence-corrected chi connectivity index (χ2v) is 6.83. The lowest BCUT2D eigenvalue weighted by molar-refractivity contribution is 0.425. The molecule has 0 bridgehead atoms. The molecule has 1 aliphatic carbocycles. The van der Waals surface area contributed by atoms with Gasteiger partial charge in [0.05, 0.1) is 16.6 Å². The Morgan fingerprint density at radius 1 is 1.21 bits per heavy atom. The fourth-order valence-corrected chi connectivity index (χ4v) is 3.99. The highest BCUT2D eigenvalue weighted by molar-refractivity contribution is 5.85. The Balaban J connectivity index is 1.99. The van der Waals surface area contributed by atoms with Crippen LogP contribution in [0.5, 0.6) is 0 Å². The first kappa shape index (κ1) is 15.0. The van der Waals surface area contributed by atoms with E-state index in [0.29, 0.717) is 11.6 Å². The summed E-state index contributed by atoms with van der Waals surface area (Å²) in [6.45, 7) is 2.01. The van der Waals surface area contributed by atoms with Crippen LogP contribution in [0.2, 0.25) is 0 Å². The minimum Gasteiger partial charge on any atom is -0.358 e. The Bertz CT molecular complexity index is 942. The fraction of sp³-hybridized carbons (Fsp3) is 0.400. The molecular weight excluding hydrogens is 296 g/mol. The van der Waals surface area contributed by atoms with Crippen molar-refractivity contribution < 1.29 is 0 Å². The summed E-state index contributed by atoms with van der Waals surface area (Å²) in [4.78, 5) is 7.15. The molecular formula is C20H22N4.